The van der Waals surface area contributed by atoms with E-state index in [1.54, 1.807) is 44.5 Å². The molecule has 0 aliphatic rings. The summed E-state index contributed by atoms with van der Waals surface area (Å²) < 4.78 is 18.7. The standard InChI is InChI=1S/C22H22BrN3O4/c1-28-19-9-8-17(23)11-15(19)7-10-21(27)25-18-12-24-26(14-18)13-16-5-4-6-20(29-2)22(16)30-3/h4-12,14H,13H2,1-3H3,(H,25,27)/b10-7+. The van der Waals surface area contributed by atoms with Gasteiger partial charge in [0.1, 0.15) is 5.75 Å². The van der Waals surface area contributed by atoms with Crippen molar-refractivity contribution in [1.82, 2.24) is 9.78 Å². The predicted octanol–water partition coefficient (Wildman–Crippen LogP) is 4.37. The molecule has 30 heavy (non-hydrogen) atoms. The van der Waals surface area contributed by atoms with E-state index in [0.717, 1.165) is 15.6 Å². The highest BCUT2D eigenvalue weighted by molar-refractivity contribution is 9.10. The van der Waals surface area contributed by atoms with Crippen LogP contribution in [0, 0.1) is 0 Å². The number of carbonyl (C=O) groups is 1. The number of ether oxygens (including phenoxy) is 3. The van der Waals surface area contributed by atoms with E-state index >= 15 is 0 Å². The van der Waals surface area contributed by atoms with E-state index < -0.39 is 0 Å². The molecule has 0 saturated carbocycles. The minimum Gasteiger partial charge on any atom is -0.496 e. The van der Waals surface area contributed by atoms with Gasteiger partial charge >= 0.3 is 0 Å². The van der Waals surface area contributed by atoms with Crippen LogP contribution in [0.15, 0.2) is 59.3 Å². The third-order valence-corrected chi connectivity index (χ3v) is 4.82. The van der Waals surface area contributed by atoms with Gasteiger partial charge in [-0.05, 0) is 30.3 Å². The molecule has 1 amide bonds. The molecule has 156 valence electrons. The first kappa shape index (κ1) is 21.4. The first-order valence-corrected chi connectivity index (χ1v) is 9.88. The number of aromatic nitrogens is 2. The average molecular weight is 472 g/mol. The molecule has 0 saturated heterocycles. The summed E-state index contributed by atoms with van der Waals surface area (Å²) in [5, 5.41) is 7.11. The zero-order valence-electron chi connectivity index (χ0n) is 16.9. The molecule has 0 atom stereocenters. The summed E-state index contributed by atoms with van der Waals surface area (Å²) in [7, 11) is 4.79. The molecule has 7 nitrogen and oxygen atoms in total. The maximum Gasteiger partial charge on any atom is 0.248 e. The van der Waals surface area contributed by atoms with Gasteiger partial charge in [-0.3, -0.25) is 9.48 Å². The fourth-order valence-corrected chi connectivity index (χ4v) is 3.33. The number of halogens is 1. The Hall–Kier alpha value is -3.26. The van der Waals surface area contributed by atoms with E-state index in [1.807, 2.05) is 36.4 Å². The largest absolute Gasteiger partial charge is 0.496 e. The summed E-state index contributed by atoms with van der Waals surface area (Å²) in [5.41, 5.74) is 2.30. The van der Waals surface area contributed by atoms with Gasteiger partial charge in [0.05, 0.1) is 39.8 Å². The molecule has 8 heteroatoms. The Morgan fingerprint density at radius 1 is 1.13 bits per heavy atom. The first-order chi connectivity index (χ1) is 14.5. The van der Waals surface area contributed by atoms with Crippen LogP contribution in [0.5, 0.6) is 17.2 Å². The number of hydrogen-bond donors (Lipinski definition) is 1. The van der Waals surface area contributed by atoms with Gasteiger partial charge in [-0.15, -0.1) is 0 Å². The van der Waals surface area contributed by atoms with Crippen molar-refractivity contribution in [2.24, 2.45) is 0 Å². The number of methoxy groups -OCH3 is 3. The minimum absolute atomic E-state index is 0.268. The van der Waals surface area contributed by atoms with E-state index in [4.69, 9.17) is 14.2 Å². The van der Waals surface area contributed by atoms with Crippen molar-refractivity contribution in [2.45, 2.75) is 6.54 Å². The second-order valence-corrected chi connectivity index (χ2v) is 7.20. The maximum atomic E-state index is 12.3. The van der Waals surface area contributed by atoms with E-state index in [-0.39, 0.29) is 5.91 Å². The Balaban J connectivity index is 1.67. The third kappa shape index (κ3) is 5.21. The monoisotopic (exact) mass is 471 g/mol. The van der Waals surface area contributed by atoms with Gasteiger partial charge in [0, 0.05) is 27.9 Å². The number of hydrogen-bond acceptors (Lipinski definition) is 5. The van der Waals surface area contributed by atoms with Gasteiger partial charge in [0.25, 0.3) is 0 Å². The predicted molar refractivity (Wildman–Crippen MR) is 119 cm³/mol. The second-order valence-electron chi connectivity index (χ2n) is 6.29. The molecule has 0 aliphatic heterocycles. The summed E-state index contributed by atoms with van der Waals surface area (Å²) in [6, 6.07) is 11.3. The van der Waals surface area contributed by atoms with E-state index in [9.17, 15) is 4.79 Å². The highest BCUT2D eigenvalue weighted by Crippen LogP contribution is 2.31. The Bertz CT molecular complexity index is 1060. The second kappa shape index (κ2) is 9.98. The lowest BCUT2D eigenvalue weighted by Gasteiger charge is -2.12. The summed E-state index contributed by atoms with van der Waals surface area (Å²) in [5.74, 6) is 1.73. The average Bonchev–Trinajstić information content (AvgIpc) is 3.18. The van der Waals surface area contributed by atoms with Crippen molar-refractivity contribution in [1.29, 1.82) is 0 Å². The van der Waals surface area contributed by atoms with Crippen LogP contribution >= 0.6 is 15.9 Å². The van der Waals surface area contributed by atoms with Crippen LogP contribution in [-0.4, -0.2) is 37.0 Å². The van der Waals surface area contributed by atoms with E-state index in [0.29, 0.717) is 29.5 Å². The summed E-state index contributed by atoms with van der Waals surface area (Å²) in [6.07, 6.45) is 6.50. The third-order valence-electron chi connectivity index (χ3n) is 4.32. The molecule has 0 radical (unpaired) electrons. The first-order valence-electron chi connectivity index (χ1n) is 9.09. The van der Waals surface area contributed by atoms with Crippen molar-refractivity contribution < 1.29 is 19.0 Å². The minimum atomic E-state index is -0.268. The number of carbonyl (C=O) groups excluding carboxylic acids is 1. The number of nitrogens with one attached hydrogen (secondary N) is 1. The molecule has 1 heterocycles. The molecule has 3 aromatic rings. The summed E-state index contributed by atoms with van der Waals surface area (Å²) >= 11 is 3.42. The lowest BCUT2D eigenvalue weighted by molar-refractivity contribution is -0.111. The van der Waals surface area contributed by atoms with Gasteiger partial charge in [-0.25, -0.2) is 0 Å². The molecular formula is C22H22BrN3O4. The molecule has 0 bridgehead atoms. The molecule has 0 fully saturated rings. The Morgan fingerprint density at radius 2 is 1.93 bits per heavy atom. The Morgan fingerprint density at radius 3 is 2.67 bits per heavy atom. The fourth-order valence-electron chi connectivity index (χ4n) is 2.95. The zero-order valence-corrected chi connectivity index (χ0v) is 18.5. The molecular weight excluding hydrogens is 450 g/mol. The highest BCUT2D eigenvalue weighted by Gasteiger charge is 2.11. The zero-order chi connectivity index (χ0) is 21.5. The lowest BCUT2D eigenvalue weighted by atomic mass is 10.2. The summed E-state index contributed by atoms with van der Waals surface area (Å²) in [6.45, 7) is 0.474. The van der Waals surface area contributed by atoms with Crippen LogP contribution in [0.2, 0.25) is 0 Å². The van der Waals surface area contributed by atoms with Crippen molar-refractivity contribution in [3.8, 4) is 17.2 Å². The van der Waals surface area contributed by atoms with Crippen LogP contribution in [0.3, 0.4) is 0 Å². The van der Waals surface area contributed by atoms with E-state index in [1.165, 1.54) is 6.08 Å². The quantitative estimate of drug-likeness (QED) is 0.493. The van der Waals surface area contributed by atoms with Crippen molar-refractivity contribution in [2.75, 3.05) is 26.6 Å². The normalized spacial score (nSPS) is 10.8. The topological polar surface area (TPSA) is 74.6 Å². The number of nitrogens with zero attached hydrogens (tertiary/aromatic N) is 2. The number of anilines is 1. The van der Waals surface area contributed by atoms with Gasteiger partial charge in [-0.2, -0.15) is 5.10 Å². The molecule has 3 rings (SSSR count). The van der Waals surface area contributed by atoms with Crippen LogP contribution < -0.4 is 19.5 Å². The van der Waals surface area contributed by atoms with Gasteiger partial charge < -0.3 is 19.5 Å². The molecule has 0 spiro atoms. The smallest absolute Gasteiger partial charge is 0.248 e. The number of amides is 1. The molecule has 2 aromatic carbocycles. The van der Waals surface area contributed by atoms with Gasteiger partial charge in [0.15, 0.2) is 11.5 Å². The molecule has 1 N–H and O–H groups in total. The van der Waals surface area contributed by atoms with E-state index in [2.05, 4.69) is 26.3 Å². The Labute approximate surface area is 183 Å². The molecule has 0 aliphatic carbocycles. The number of benzene rings is 2. The van der Waals surface area contributed by atoms with Crippen LogP contribution in [0.25, 0.3) is 6.08 Å². The van der Waals surface area contributed by atoms with Crippen LogP contribution in [0.1, 0.15) is 11.1 Å². The van der Waals surface area contributed by atoms with Crippen LogP contribution in [-0.2, 0) is 11.3 Å². The van der Waals surface area contributed by atoms with Crippen molar-refractivity contribution in [3.05, 3.63) is 70.5 Å². The lowest BCUT2D eigenvalue weighted by Crippen LogP contribution is -2.07. The fraction of sp³-hybridized carbons (Fsp3) is 0.182. The molecule has 1 aromatic heterocycles. The highest BCUT2D eigenvalue weighted by atomic mass is 79.9. The van der Waals surface area contributed by atoms with Gasteiger partial charge in [0.2, 0.25) is 5.91 Å². The SMILES string of the molecule is COc1ccc(Br)cc1/C=C/C(=O)Nc1cnn(Cc2cccc(OC)c2OC)c1. The number of rotatable bonds is 8. The summed E-state index contributed by atoms with van der Waals surface area (Å²) in [4.78, 5) is 12.3. The van der Waals surface area contributed by atoms with Crippen LogP contribution in [0.4, 0.5) is 5.69 Å². The number of para-hydroxylation sites is 1. The van der Waals surface area contributed by atoms with Crippen molar-refractivity contribution in [3.63, 3.8) is 0 Å². The molecule has 0 unspecified atom stereocenters. The van der Waals surface area contributed by atoms with Gasteiger partial charge in [-0.1, -0.05) is 28.1 Å². The maximum absolute atomic E-state index is 12.3. The van der Waals surface area contributed by atoms with Crippen molar-refractivity contribution >= 4 is 33.6 Å². The Kier molecular flexibility index (Phi) is 7.13.